The van der Waals surface area contributed by atoms with Gasteiger partial charge in [-0.2, -0.15) is 0 Å². The smallest absolute Gasteiger partial charge is 0.221 e. The zero-order chi connectivity index (χ0) is 13.0. The summed E-state index contributed by atoms with van der Waals surface area (Å²) in [7, 11) is 0. The molecule has 0 atom stereocenters. The SMILES string of the molecule is CC(=O)Nc1ccc(SCC2(O)CCCC2)cc1. The molecule has 3 nitrogen and oxygen atoms in total. The van der Waals surface area contributed by atoms with Crippen molar-refractivity contribution in [3.05, 3.63) is 24.3 Å². The second kappa shape index (κ2) is 5.76. The van der Waals surface area contributed by atoms with Crippen molar-refractivity contribution >= 4 is 23.4 Å². The second-order valence-electron chi connectivity index (χ2n) is 4.93. The van der Waals surface area contributed by atoms with Crippen LogP contribution in [-0.4, -0.2) is 22.4 Å². The minimum atomic E-state index is -0.471. The summed E-state index contributed by atoms with van der Waals surface area (Å²) < 4.78 is 0. The van der Waals surface area contributed by atoms with Crippen molar-refractivity contribution in [1.82, 2.24) is 0 Å². The fraction of sp³-hybridized carbons (Fsp3) is 0.500. The van der Waals surface area contributed by atoms with Gasteiger partial charge >= 0.3 is 0 Å². The lowest BCUT2D eigenvalue weighted by Gasteiger charge is -2.21. The third kappa shape index (κ3) is 3.75. The minimum Gasteiger partial charge on any atom is -0.389 e. The summed E-state index contributed by atoms with van der Waals surface area (Å²) in [6, 6.07) is 7.74. The van der Waals surface area contributed by atoms with E-state index in [1.165, 1.54) is 6.92 Å². The van der Waals surface area contributed by atoms with Crippen LogP contribution in [0.25, 0.3) is 0 Å². The van der Waals surface area contributed by atoms with Crippen molar-refractivity contribution in [3.63, 3.8) is 0 Å². The Morgan fingerprint density at radius 1 is 1.33 bits per heavy atom. The van der Waals surface area contributed by atoms with Crippen molar-refractivity contribution in [3.8, 4) is 0 Å². The number of aliphatic hydroxyl groups is 1. The summed E-state index contributed by atoms with van der Waals surface area (Å²) >= 11 is 1.68. The van der Waals surface area contributed by atoms with E-state index in [1.54, 1.807) is 11.8 Å². The van der Waals surface area contributed by atoms with E-state index in [-0.39, 0.29) is 5.91 Å². The first kappa shape index (κ1) is 13.4. The van der Waals surface area contributed by atoms with Gasteiger partial charge in [0.1, 0.15) is 0 Å². The van der Waals surface area contributed by atoms with Gasteiger partial charge in [0.05, 0.1) is 5.60 Å². The molecule has 0 aliphatic heterocycles. The van der Waals surface area contributed by atoms with Crippen molar-refractivity contribution in [1.29, 1.82) is 0 Å². The molecule has 0 unspecified atom stereocenters. The highest BCUT2D eigenvalue weighted by Crippen LogP contribution is 2.34. The highest BCUT2D eigenvalue weighted by Gasteiger charge is 2.30. The van der Waals surface area contributed by atoms with Gasteiger partial charge in [-0.25, -0.2) is 0 Å². The summed E-state index contributed by atoms with van der Waals surface area (Å²) in [4.78, 5) is 12.0. The molecule has 1 aliphatic carbocycles. The number of amides is 1. The van der Waals surface area contributed by atoms with E-state index in [1.807, 2.05) is 24.3 Å². The molecule has 1 fully saturated rings. The molecule has 1 aromatic rings. The first-order valence-electron chi connectivity index (χ1n) is 6.30. The molecule has 0 bridgehead atoms. The van der Waals surface area contributed by atoms with Crippen LogP contribution < -0.4 is 5.32 Å². The van der Waals surface area contributed by atoms with E-state index in [9.17, 15) is 9.90 Å². The Balaban J connectivity index is 1.88. The molecule has 1 aliphatic rings. The van der Waals surface area contributed by atoms with Crippen molar-refractivity contribution in [2.24, 2.45) is 0 Å². The maximum Gasteiger partial charge on any atom is 0.221 e. The highest BCUT2D eigenvalue weighted by molar-refractivity contribution is 7.99. The molecule has 98 valence electrons. The summed E-state index contributed by atoms with van der Waals surface area (Å²) in [5, 5.41) is 13.0. The zero-order valence-electron chi connectivity index (χ0n) is 10.6. The standard InChI is InChI=1S/C14H19NO2S/c1-11(16)15-12-4-6-13(7-5-12)18-10-14(17)8-2-3-9-14/h4-7,17H,2-3,8-10H2,1H3,(H,15,16). The van der Waals surface area contributed by atoms with Crippen LogP contribution in [0, 0.1) is 0 Å². The van der Waals surface area contributed by atoms with E-state index < -0.39 is 5.60 Å². The van der Waals surface area contributed by atoms with Crippen LogP contribution in [0.5, 0.6) is 0 Å². The van der Waals surface area contributed by atoms with Crippen LogP contribution in [0.4, 0.5) is 5.69 Å². The molecule has 0 radical (unpaired) electrons. The third-order valence-electron chi connectivity index (χ3n) is 3.22. The maximum absolute atomic E-state index is 10.9. The van der Waals surface area contributed by atoms with Crippen LogP contribution in [-0.2, 0) is 4.79 Å². The van der Waals surface area contributed by atoms with Crippen LogP contribution in [0.3, 0.4) is 0 Å². The molecule has 2 rings (SSSR count). The lowest BCUT2D eigenvalue weighted by atomic mass is 10.1. The van der Waals surface area contributed by atoms with Crippen LogP contribution >= 0.6 is 11.8 Å². The Bertz CT molecular complexity index is 410. The van der Waals surface area contributed by atoms with Gasteiger partial charge in [-0.15, -0.1) is 11.8 Å². The van der Waals surface area contributed by atoms with Crippen molar-refractivity contribution < 1.29 is 9.90 Å². The number of nitrogens with one attached hydrogen (secondary N) is 1. The molecule has 0 spiro atoms. The Kier molecular flexibility index (Phi) is 4.30. The Labute approximate surface area is 112 Å². The van der Waals surface area contributed by atoms with Gasteiger partial charge in [-0.3, -0.25) is 4.79 Å². The van der Waals surface area contributed by atoms with Gasteiger partial charge in [-0.05, 0) is 37.1 Å². The predicted octanol–water partition coefficient (Wildman–Crippen LogP) is 3.04. The number of hydrogen-bond acceptors (Lipinski definition) is 3. The minimum absolute atomic E-state index is 0.0596. The van der Waals surface area contributed by atoms with E-state index in [4.69, 9.17) is 0 Å². The summed E-state index contributed by atoms with van der Waals surface area (Å²) in [5.41, 5.74) is 0.340. The summed E-state index contributed by atoms with van der Waals surface area (Å²) in [5.74, 6) is 0.697. The second-order valence-corrected chi connectivity index (χ2v) is 5.97. The number of hydrogen-bond donors (Lipinski definition) is 2. The quantitative estimate of drug-likeness (QED) is 0.823. The molecule has 1 saturated carbocycles. The molecule has 0 saturated heterocycles. The first-order chi connectivity index (χ1) is 8.57. The monoisotopic (exact) mass is 265 g/mol. The van der Waals surface area contributed by atoms with Gasteiger partial charge in [0.2, 0.25) is 5.91 Å². The lowest BCUT2D eigenvalue weighted by molar-refractivity contribution is -0.114. The molecule has 4 heteroatoms. The number of rotatable bonds is 4. The Morgan fingerprint density at radius 2 is 1.94 bits per heavy atom. The number of thioether (sulfide) groups is 1. The van der Waals surface area contributed by atoms with E-state index >= 15 is 0 Å². The molecule has 18 heavy (non-hydrogen) atoms. The fourth-order valence-electron chi connectivity index (χ4n) is 2.23. The van der Waals surface area contributed by atoms with Gasteiger partial charge in [0.25, 0.3) is 0 Å². The maximum atomic E-state index is 10.9. The van der Waals surface area contributed by atoms with E-state index in [2.05, 4.69) is 5.32 Å². The van der Waals surface area contributed by atoms with Crippen LogP contribution in [0.2, 0.25) is 0 Å². The number of benzene rings is 1. The number of carbonyl (C=O) groups is 1. The molecule has 1 aromatic carbocycles. The largest absolute Gasteiger partial charge is 0.389 e. The van der Waals surface area contributed by atoms with E-state index in [0.717, 1.165) is 42.0 Å². The normalized spacial score (nSPS) is 17.7. The summed E-state index contributed by atoms with van der Waals surface area (Å²) in [6.07, 6.45) is 4.12. The third-order valence-corrected chi connectivity index (χ3v) is 4.50. The molecule has 0 aromatic heterocycles. The molecule has 2 N–H and O–H groups in total. The zero-order valence-corrected chi connectivity index (χ0v) is 11.4. The fourth-order valence-corrected chi connectivity index (χ4v) is 3.29. The number of carbonyl (C=O) groups excluding carboxylic acids is 1. The van der Waals surface area contributed by atoms with Crippen LogP contribution in [0.15, 0.2) is 29.2 Å². The average Bonchev–Trinajstić information content (AvgIpc) is 2.75. The van der Waals surface area contributed by atoms with Gasteiger partial charge in [0, 0.05) is 23.3 Å². The van der Waals surface area contributed by atoms with Crippen LogP contribution in [0.1, 0.15) is 32.6 Å². The lowest BCUT2D eigenvalue weighted by Crippen LogP contribution is -2.26. The predicted molar refractivity (Wildman–Crippen MR) is 74.9 cm³/mol. The molecule has 0 heterocycles. The topological polar surface area (TPSA) is 49.3 Å². The van der Waals surface area contributed by atoms with Crippen molar-refractivity contribution in [2.45, 2.75) is 43.1 Å². The van der Waals surface area contributed by atoms with Gasteiger partial charge < -0.3 is 10.4 Å². The average molecular weight is 265 g/mol. The Morgan fingerprint density at radius 3 is 2.50 bits per heavy atom. The van der Waals surface area contributed by atoms with Crippen molar-refractivity contribution in [2.75, 3.05) is 11.1 Å². The molecular formula is C14H19NO2S. The molecule has 1 amide bonds. The summed E-state index contributed by atoms with van der Waals surface area (Å²) in [6.45, 7) is 1.50. The Hall–Kier alpha value is -1.00. The van der Waals surface area contributed by atoms with E-state index in [0.29, 0.717) is 0 Å². The number of anilines is 1. The van der Waals surface area contributed by atoms with Gasteiger partial charge in [-0.1, -0.05) is 12.8 Å². The molecular weight excluding hydrogens is 246 g/mol. The highest BCUT2D eigenvalue weighted by atomic mass is 32.2. The first-order valence-corrected chi connectivity index (χ1v) is 7.29. The van der Waals surface area contributed by atoms with Gasteiger partial charge in [0.15, 0.2) is 0 Å².